The summed E-state index contributed by atoms with van der Waals surface area (Å²) in [7, 11) is 0. The van der Waals surface area contributed by atoms with Crippen molar-refractivity contribution >= 4 is 0 Å². The third-order valence-corrected chi connectivity index (χ3v) is 8.60. The smallest absolute Gasteiger partial charge is 0.248 e. The fourth-order valence-electron chi connectivity index (χ4n) is 5.70. The highest BCUT2D eigenvalue weighted by Gasteiger charge is 2.11. The van der Waals surface area contributed by atoms with Gasteiger partial charge in [0, 0.05) is 11.1 Å². The second-order valence-electron chi connectivity index (χ2n) is 12.3. The molecule has 0 atom stereocenters. The van der Waals surface area contributed by atoms with Crippen molar-refractivity contribution in [3.8, 4) is 56.7 Å². The molecular formula is C42H50N2O3. The van der Waals surface area contributed by atoms with Crippen molar-refractivity contribution in [1.82, 2.24) is 10.2 Å². The first-order valence-corrected chi connectivity index (χ1v) is 17.7. The van der Waals surface area contributed by atoms with Crippen molar-refractivity contribution in [2.24, 2.45) is 0 Å². The van der Waals surface area contributed by atoms with Crippen LogP contribution in [0.1, 0.15) is 90.9 Å². The van der Waals surface area contributed by atoms with Crippen LogP contribution in [0.4, 0.5) is 0 Å². The van der Waals surface area contributed by atoms with Gasteiger partial charge in [0.1, 0.15) is 11.5 Å². The molecule has 5 nitrogen and oxygen atoms in total. The second kappa shape index (κ2) is 18.7. The number of ether oxygens (including phenoxy) is 2. The highest BCUT2D eigenvalue weighted by atomic mass is 16.5. The number of benzene rings is 4. The first-order valence-electron chi connectivity index (χ1n) is 17.7. The topological polar surface area (TPSA) is 57.4 Å². The summed E-state index contributed by atoms with van der Waals surface area (Å²) >= 11 is 0. The van der Waals surface area contributed by atoms with E-state index >= 15 is 0 Å². The maximum Gasteiger partial charge on any atom is 0.248 e. The molecule has 5 rings (SSSR count). The number of aromatic nitrogens is 2. The van der Waals surface area contributed by atoms with Gasteiger partial charge in [0.25, 0.3) is 0 Å². The molecule has 0 spiro atoms. The highest BCUT2D eigenvalue weighted by Crippen LogP contribution is 2.30. The summed E-state index contributed by atoms with van der Waals surface area (Å²) in [5.41, 5.74) is 6.33. The molecule has 0 radical (unpaired) electrons. The summed E-state index contributed by atoms with van der Waals surface area (Å²) in [4.78, 5) is 0. The lowest BCUT2D eigenvalue weighted by atomic mass is 10.0. The van der Waals surface area contributed by atoms with Crippen molar-refractivity contribution < 1.29 is 13.9 Å². The zero-order chi connectivity index (χ0) is 32.5. The van der Waals surface area contributed by atoms with Gasteiger partial charge in [-0.05, 0) is 83.6 Å². The Bertz CT molecular complexity index is 1450. The summed E-state index contributed by atoms with van der Waals surface area (Å²) in [5, 5.41) is 8.65. The van der Waals surface area contributed by atoms with Crippen LogP contribution in [0, 0.1) is 0 Å². The van der Waals surface area contributed by atoms with Crippen molar-refractivity contribution in [1.29, 1.82) is 0 Å². The summed E-state index contributed by atoms with van der Waals surface area (Å²) in [6.07, 6.45) is 15.2. The van der Waals surface area contributed by atoms with E-state index in [0.29, 0.717) is 11.8 Å². The average molecular weight is 631 g/mol. The molecule has 246 valence electrons. The molecule has 1 aromatic heterocycles. The van der Waals surface area contributed by atoms with Crippen molar-refractivity contribution in [3.05, 3.63) is 97.1 Å². The predicted molar refractivity (Wildman–Crippen MR) is 194 cm³/mol. The quantitative estimate of drug-likeness (QED) is 0.0801. The normalized spacial score (nSPS) is 11.1. The number of hydrogen-bond acceptors (Lipinski definition) is 5. The van der Waals surface area contributed by atoms with Gasteiger partial charge in [-0.1, -0.05) is 127 Å². The Hall–Kier alpha value is -4.38. The van der Waals surface area contributed by atoms with Gasteiger partial charge < -0.3 is 13.9 Å². The zero-order valence-corrected chi connectivity index (χ0v) is 28.3. The van der Waals surface area contributed by atoms with Crippen LogP contribution in [-0.4, -0.2) is 23.4 Å². The van der Waals surface area contributed by atoms with E-state index in [9.17, 15) is 0 Å². The van der Waals surface area contributed by atoms with Crippen LogP contribution in [-0.2, 0) is 0 Å². The molecular weight excluding hydrogens is 580 g/mol. The summed E-state index contributed by atoms with van der Waals surface area (Å²) in [6.45, 7) is 6.05. The lowest BCUT2D eigenvalue weighted by Gasteiger charge is -2.08. The Balaban J connectivity index is 1.10. The third kappa shape index (κ3) is 10.6. The number of nitrogens with zero attached hydrogens (tertiary/aromatic N) is 2. The molecule has 0 aliphatic rings. The lowest BCUT2D eigenvalue weighted by Crippen LogP contribution is -1.97. The molecule has 0 amide bonds. The maximum atomic E-state index is 6.07. The van der Waals surface area contributed by atoms with Crippen molar-refractivity contribution in [2.45, 2.75) is 90.9 Å². The van der Waals surface area contributed by atoms with E-state index in [4.69, 9.17) is 13.9 Å². The maximum absolute atomic E-state index is 6.07. The minimum Gasteiger partial charge on any atom is -0.494 e. The van der Waals surface area contributed by atoms with E-state index in [2.05, 4.69) is 96.8 Å². The third-order valence-electron chi connectivity index (χ3n) is 8.60. The molecule has 0 unspecified atom stereocenters. The summed E-state index contributed by atoms with van der Waals surface area (Å²) in [6, 6.07) is 33.1. The molecule has 0 aliphatic carbocycles. The molecule has 0 N–H and O–H groups in total. The Morgan fingerprint density at radius 1 is 0.383 bits per heavy atom. The number of rotatable bonds is 20. The minimum atomic E-state index is 0.505. The zero-order valence-electron chi connectivity index (χ0n) is 28.3. The number of unbranched alkanes of at least 4 members (excludes halogenated alkanes) is 10. The Morgan fingerprint density at radius 2 is 0.681 bits per heavy atom. The van der Waals surface area contributed by atoms with E-state index in [1.807, 2.05) is 24.3 Å². The SMILES string of the molecule is CCCCCCCCOc1ccc(-c2ccc(-c3nnc(-c4ccc(-c5ccc(OCCCCCCCC)cc5)cc4)o3)cc2)cc1. The van der Waals surface area contributed by atoms with Crippen LogP contribution in [0.2, 0.25) is 0 Å². The highest BCUT2D eigenvalue weighted by molar-refractivity contribution is 5.70. The molecule has 0 saturated carbocycles. The van der Waals surface area contributed by atoms with Gasteiger partial charge in [0.2, 0.25) is 11.8 Å². The van der Waals surface area contributed by atoms with E-state index in [0.717, 1.165) is 70.9 Å². The van der Waals surface area contributed by atoms with Crippen LogP contribution >= 0.6 is 0 Å². The van der Waals surface area contributed by atoms with Gasteiger partial charge in [0.05, 0.1) is 13.2 Å². The number of hydrogen-bond donors (Lipinski definition) is 0. The van der Waals surface area contributed by atoms with Gasteiger partial charge in [0.15, 0.2) is 0 Å². The van der Waals surface area contributed by atoms with Crippen molar-refractivity contribution in [3.63, 3.8) is 0 Å². The predicted octanol–water partition coefficient (Wildman–Crippen LogP) is 12.2. The van der Waals surface area contributed by atoms with Gasteiger partial charge in [-0.25, -0.2) is 0 Å². The summed E-state index contributed by atoms with van der Waals surface area (Å²) in [5.74, 6) is 2.86. The summed E-state index contributed by atoms with van der Waals surface area (Å²) < 4.78 is 18.0. The van der Waals surface area contributed by atoms with Crippen LogP contribution in [0.3, 0.4) is 0 Å². The molecule has 0 saturated heterocycles. The monoisotopic (exact) mass is 630 g/mol. The minimum absolute atomic E-state index is 0.505. The fraction of sp³-hybridized carbons (Fsp3) is 0.381. The molecule has 0 bridgehead atoms. The van der Waals surface area contributed by atoms with Gasteiger partial charge in [-0.3, -0.25) is 0 Å². The van der Waals surface area contributed by atoms with E-state index in [1.165, 1.54) is 64.2 Å². The Kier molecular flexibility index (Phi) is 13.5. The fourth-order valence-corrected chi connectivity index (χ4v) is 5.70. The molecule has 0 aliphatic heterocycles. The van der Waals surface area contributed by atoms with Gasteiger partial charge in [-0.2, -0.15) is 0 Å². The van der Waals surface area contributed by atoms with E-state index < -0.39 is 0 Å². The largest absolute Gasteiger partial charge is 0.494 e. The first-order chi connectivity index (χ1) is 23.2. The van der Waals surface area contributed by atoms with Crippen LogP contribution in [0.15, 0.2) is 101 Å². The Labute approximate surface area is 281 Å². The molecule has 4 aromatic carbocycles. The molecule has 0 fully saturated rings. The van der Waals surface area contributed by atoms with Gasteiger partial charge in [-0.15, -0.1) is 10.2 Å². The van der Waals surface area contributed by atoms with Crippen LogP contribution in [0.5, 0.6) is 11.5 Å². The molecule has 5 aromatic rings. The standard InChI is InChI=1S/C42H50N2O3/c1-3-5-7-9-11-13-31-45-39-27-23-35(24-28-39)33-15-19-37(20-16-33)41-43-44-42(47-41)38-21-17-34(18-22-38)36-25-29-40(30-26-36)46-32-14-12-10-8-6-4-2/h15-30H,3-14,31-32H2,1-2H3. The van der Waals surface area contributed by atoms with Crippen molar-refractivity contribution in [2.75, 3.05) is 13.2 Å². The Morgan fingerprint density at radius 3 is 1.04 bits per heavy atom. The van der Waals surface area contributed by atoms with E-state index in [1.54, 1.807) is 0 Å². The van der Waals surface area contributed by atoms with Crippen LogP contribution < -0.4 is 9.47 Å². The van der Waals surface area contributed by atoms with Crippen LogP contribution in [0.25, 0.3) is 45.2 Å². The van der Waals surface area contributed by atoms with Gasteiger partial charge >= 0.3 is 0 Å². The second-order valence-corrected chi connectivity index (χ2v) is 12.3. The van der Waals surface area contributed by atoms with E-state index in [-0.39, 0.29) is 0 Å². The molecule has 47 heavy (non-hydrogen) atoms. The lowest BCUT2D eigenvalue weighted by molar-refractivity contribution is 0.304. The molecule has 5 heteroatoms. The first kappa shape index (κ1) is 34.0. The molecule has 1 heterocycles. The average Bonchev–Trinajstić information content (AvgIpc) is 3.62.